The van der Waals surface area contributed by atoms with Crippen LogP contribution >= 0.6 is 15.9 Å². The third-order valence-electron chi connectivity index (χ3n) is 2.48. The minimum Gasteiger partial charge on any atom is -0.304 e. The molecule has 0 spiro atoms. The summed E-state index contributed by atoms with van der Waals surface area (Å²) in [7, 11) is 0. The van der Waals surface area contributed by atoms with Gasteiger partial charge in [-0.1, -0.05) is 26.8 Å². The van der Waals surface area contributed by atoms with Crippen molar-refractivity contribution in [2.75, 3.05) is 0 Å². The predicted octanol–water partition coefficient (Wildman–Crippen LogP) is 2.89. The SMILES string of the molecule is CC(C)(C)c1nc(-c2ccccn2)[nH]c(=O)c1Br. The molecule has 0 bridgehead atoms. The van der Waals surface area contributed by atoms with Crippen molar-refractivity contribution >= 4 is 15.9 Å². The van der Waals surface area contributed by atoms with Gasteiger partial charge in [0.1, 0.15) is 10.2 Å². The molecule has 2 rings (SSSR count). The van der Waals surface area contributed by atoms with Gasteiger partial charge in [-0.25, -0.2) is 4.98 Å². The number of pyridine rings is 1. The van der Waals surface area contributed by atoms with Crippen LogP contribution in [0.4, 0.5) is 0 Å². The van der Waals surface area contributed by atoms with E-state index < -0.39 is 0 Å². The molecule has 0 aromatic carbocycles. The summed E-state index contributed by atoms with van der Waals surface area (Å²) in [6.07, 6.45) is 1.67. The van der Waals surface area contributed by atoms with Gasteiger partial charge in [-0.05, 0) is 28.1 Å². The first-order chi connectivity index (χ1) is 8.39. The summed E-state index contributed by atoms with van der Waals surface area (Å²) >= 11 is 3.30. The Bertz CT molecular complexity index is 614. The molecule has 1 N–H and O–H groups in total. The Hall–Kier alpha value is -1.49. The summed E-state index contributed by atoms with van der Waals surface area (Å²) < 4.78 is 0.481. The first-order valence-corrected chi connectivity index (χ1v) is 6.40. The second-order valence-electron chi connectivity index (χ2n) is 5.04. The molecule has 0 amide bonds. The molecule has 2 heterocycles. The van der Waals surface area contributed by atoms with Crippen molar-refractivity contribution < 1.29 is 0 Å². The van der Waals surface area contributed by atoms with Crippen LogP contribution in [-0.4, -0.2) is 15.0 Å². The number of hydrogen-bond acceptors (Lipinski definition) is 3. The molecule has 5 heteroatoms. The van der Waals surface area contributed by atoms with Gasteiger partial charge in [-0.3, -0.25) is 9.78 Å². The van der Waals surface area contributed by atoms with Gasteiger partial charge < -0.3 is 4.98 Å². The van der Waals surface area contributed by atoms with E-state index >= 15 is 0 Å². The lowest BCUT2D eigenvalue weighted by atomic mass is 9.92. The molecule has 0 aliphatic carbocycles. The third-order valence-corrected chi connectivity index (χ3v) is 3.22. The molecule has 2 aromatic rings. The van der Waals surface area contributed by atoms with Crippen LogP contribution in [0.3, 0.4) is 0 Å². The third kappa shape index (κ3) is 2.51. The number of aromatic amines is 1. The number of rotatable bonds is 1. The van der Waals surface area contributed by atoms with Crippen molar-refractivity contribution in [3.8, 4) is 11.5 Å². The molecule has 0 saturated carbocycles. The van der Waals surface area contributed by atoms with E-state index in [9.17, 15) is 4.79 Å². The van der Waals surface area contributed by atoms with Crippen molar-refractivity contribution in [2.45, 2.75) is 26.2 Å². The highest BCUT2D eigenvalue weighted by atomic mass is 79.9. The lowest BCUT2D eigenvalue weighted by molar-refractivity contribution is 0.562. The maximum atomic E-state index is 11.9. The lowest BCUT2D eigenvalue weighted by Gasteiger charge is -2.19. The molecule has 0 aliphatic rings. The maximum absolute atomic E-state index is 11.9. The van der Waals surface area contributed by atoms with E-state index in [4.69, 9.17) is 0 Å². The van der Waals surface area contributed by atoms with E-state index in [2.05, 4.69) is 30.9 Å². The van der Waals surface area contributed by atoms with Gasteiger partial charge in [-0.15, -0.1) is 0 Å². The summed E-state index contributed by atoms with van der Waals surface area (Å²) in [4.78, 5) is 23.3. The fraction of sp³-hybridized carbons (Fsp3) is 0.308. The van der Waals surface area contributed by atoms with Crippen LogP contribution in [0.25, 0.3) is 11.5 Å². The molecular formula is C13H14BrN3O. The fourth-order valence-corrected chi connectivity index (χ4v) is 2.36. The Morgan fingerprint density at radius 1 is 1.28 bits per heavy atom. The minimum absolute atomic E-state index is 0.185. The maximum Gasteiger partial charge on any atom is 0.265 e. The minimum atomic E-state index is -0.212. The molecule has 0 fully saturated rings. The monoisotopic (exact) mass is 307 g/mol. The van der Waals surface area contributed by atoms with Gasteiger partial charge in [0.05, 0.1) is 5.69 Å². The lowest BCUT2D eigenvalue weighted by Crippen LogP contribution is -2.22. The molecule has 0 atom stereocenters. The zero-order chi connectivity index (χ0) is 13.3. The van der Waals surface area contributed by atoms with Crippen LogP contribution in [0.2, 0.25) is 0 Å². The van der Waals surface area contributed by atoms with E-state index in [-0.39, 0.29) is 11.0 Å². The number of nitrogens with one attached hydrogen (secondary N) is 1. The van der Waals surface area contributed by atoms with Crippen LogP contribution in [0, 0.1) is 0 Å². The van der Waals surface area contributed by atoms with Gasteiger partial charge in [0.15, 0.2) is 5.82 Å². The summed E-state index contributed by atoms with van der Waals surface area (Å²) in [6.45, 7) is 6.05. The zero-order valence-corrected chi connectivity index (χ0v) is 12.1. The Labute approximate surface area is 114 Å². The van der Waals surface area contributed by atoms with Crippen LogP contribution in [0.15, 0.2) is 33.7 Å². The number of aromatic nitrogens is 3. The van der Waals surface area contributed by atoms with Crippen LogP contribution in [0.5, 0.6) is 0 Å². The van der Waals surface area contributed by atoms with Crippen LogP contribution < -0.4 is 5.56 Å². The Morgan fingerprint density at radius 2 is 2.00 bits per heavy atom. The fourth-order valence-electron chi connectivity index (χ4n) is 1.58. The Kier molecular flexibility index (Phi) is 3.34. The average molecular weight is 308 g/mol. The van der Waals surface area contributed by atoms with Gasteiger partial charge in [0, 0.05) is 11.6 Å². The number of nitrogens with zero attached hydrogens (tertiary/aromatic N) is 2. The first-order valence-electron chi connectivity index (χ1n) is 5.61. The van der Waals surface area contributed by atoms with Crippen molar-refractivity contribution in [1.82, 2.24) is 15.0 Å². The quantitative estimate of drug-likeness (QED) is 0.881. The molecule has 0 radical (unpaired) electrons. The van der Waals surface area contributed by atoms with Gasteiger partial charge >= 0.3 is 0 Å². The summed E-state index contributed by atoms with van der Waals surface area (Å²) in [5.74, 6) is 0.494. The van der Waals surface area contributed by atoms with E-state index in [0.717, 1.165) is 5.69 Å². The van der Waals surface area contributed by atoms with Crippen molar-refractivity contribution in [1.29, 1.82) is 0 Å². The van der Waals surface area contributed by atoms with Gasteiger partial charge in [-0.2, -0.15) is 0 Å². The van der Waals surface area contributed by atoms with Crippen LogP contribution in [-0.2, 0) is 5.41 Å². The Balaban J connectivity index is 2.66. The van der Waals surface area contributed by atoms with Crippen molar-refractivity contribution in [3.05, 3.63) is 44.9 Å². The molecule has 4 nitrogen and oxygen atoms in total. The first kappa shape index (κ1) is 13.0. The van der Waals surface area contributed by atoms with E-state index in [1.165, 1.54) is 0 Å². The molecule has 94 valence electrons. The average Bonchev–Trinajstić information content (AvgIpc) is 2.32. The van der Waals surface area contributed by atoms with Crippen molar-refractivity contribution in [3.63, 3.8) is 0 Å². The molecule has 0 saturated heterocycles. The highest BCUT2D eigenvalue weighted by molar-refractivity contribution is 9.10. The summed E-state index contributed by atoms with van der Waals surface area (Å²) in [6, 6.07) is 5.50. The molecule has 2 aromatic heterocycles. The highest BCUT2D eigenvalue weighted by Gasteiger charge is 2.22. The number of halogens is 1. The molecule has 0 aliphatic heterocycles. The summed E-state index contributed by atoms with van der Waals surface area (Å²) in [5, 5.41) is 0. The number of hydrogen-bond donors (Lipinski definition) is 1. The second-order valence-corrected chi connectivity index (χ2v) is 5.84. The van der Waals surface area contributed by atoms with E-state index in [1.807, 2.05) is 39.0 Å². The largest absolute Gasteiger partial charge is 0.304 e. The van der Waals surface area contributed by atoms with Gasteiger partial charge in [0.25, 0.3) is 5.56 Å². The zero-order valence-electron chi connectivity index (χ0n) is 10.5. The van der Waals surface area contributed by atoms with Gasteiger partial charge in [0.2, 0.25) is 0 Å². The van der Waals surface area contributed by atoms with E-state index in [1.54, 1.807) is 6.20 Å². The predicted molar refractivity (Wildman–Crippen MR) is 74.5 cm³/mol. The highest BCUT2D eigenvalue weighted by Crippen LogP contribution is 2.26. The normalized spacial score (nSPS) is 11.6. The number of H-pyrrole nitrogens is 1. The summed E-state index contributed by atoms with van der Waals surface area (Å²) in [5.41, 5.74) is 0.992. The molecule has 0 unspecified atom stereocenters. The Morgan fingerprint density at radius 3 is 2.56 bits per heavy atom. The smallest absolute Gasteiger partial charge is 0.265 e. The second kappa shape index (κ2) is 4.65. The van der Waals surface area contributed by atoms with Crippen LogP contribution in [0.1, 0.15) is 26.5 Å². The topological polar surface area (TPSA) is 58.6 Å². The van der Waals surface area contributed by atoms with E-state index in [0.29, 0.717) is 16.0 Å². The molecule has 18 heavy (non-hydrogen) atoms. The standard InChI is InChI=1S/C13H14BrN3O/c1-13(2,3)10-9(14)12(18)17-11(16-10)8-6-4-5-7-15-8/h4-7H,1-3H3,(H,16,17,18). The molecular weight excluding hydrogens is 294 g/mol. The van der Waals surface area contributed by atoms with Crippen molar-refractivity contribution in [2.24, 2.45) is 0 Å².